The van der Waals surface area contributed by atoms with Gasteiger partial charge in [-0.15, -0.1) is 11.3 Å². The van der Waals surface area contributed by atoms with Crippen LogP contribution in [0.25, 0.3) is 21.7 Å². The first-order chi connectivity index (χ1) is 9.60. The van der Waals surface area contributed by atoms with Gasteiger partial charge in [0, 0.05) is 0 Å². The Morgan fingerprint density at radius 2 is 2.30 bits per heavy atom. The number of H-pyrrole nitrogens is 1. The van der Waals surface area contributed by atoms with Gasteiger partial charge in [0.1, 0.15) is 17.2 Å². The van der Waals surface area contributed by atoms with E-state index in [9.17, 15) is 9.18 Å². The first-order valence-electron chi connectivity index (χ1n) is 6.09. The van der Waals surface area contributed by atoms with Crippen LogP contribution in [0.2, 0.25) is 0 Å². The van der Waals surface area contributed by atoms with Crippen LogP contribution in [0.5, 0.6) is 0 Å². The fraction of sp³-hybridized carbons (Fsp3) is 0.143. The maximum absolute atomic E-state index is 13.4. The molecule has 0 aliphatic carbocycles. The number of nitrogens with zero attached hydrogens (tertiary/aromatic N) is 1. The molecule has 0 spiro atoms. The minimum absolute atomic E-state index is 0.128. The van der Waals surface area contributed by atoms with Crippen LogP contribution in [0.15, 0.2) is 23.6 Å². The van der Waals surface area contributed by atoms with Crippen molar-refractivity contribution in [2.24, 2.45) is 0 Å². The molecular formula is C14H11FN2O2S. The number of carboxylic acids is 1. The number of aromatic amines is 1. The molecule has 0 aliphatic heterocycles. The summed E-state index contributed by atoms with van der Waals surface area (Å²) in [6.45, 7) is 2.04. The molecule has 2 heterocycles. The molecule has 102 valence electrons. The number of hydrogen-bond donors (Lipinski definition) is 2. The fourth-order valence-electron chi connectivity index (χ4n) is 2.17. The summed E-state index contributed by atoms with van der Waals surface area (Å²) in [5, 5.41) is 11.1. The monoisotopic (exact) mass is 290 g/mol. The van der Waals surface area contributed by atoms with Crippen molar-refractivity contribution in [2.45, 2.75) is 13.3 Å². The van der Waals surface area contributed by atoms with Crippen LogP contribution >= 0.6 is 11.3 Å². The van der Waals surface area contributed by atoms with Gasteiger partial charge in [0.05, 0.1) is 16.0 Å². The van der Waals surface area contributed by atoms with Crippen LogP contribution in [0, 0.1) is 5.82 Å². The van der Waals surface area contributed by atoms with Crippen LogP contribution in [-0.2, 0) is 6.42 Å². The summed E-state index contributed by atoms with van der Waals surface area (Å²) in [5.74, 6) is -1.19. The minimum atomic E-state index is -1.19. The third-order valence-electron chi connectivity index (χ3n) is 3.12. The highest BCUT2D eigenvalue weighted by molar-refractivity contribution is 7.13. The summed E-state index contributed by atoms with van der Waals surface area (Å²) < 4.78 is 13.4. The molecule has 6 heteroatoms. The molecule has 0 unspecified atom stereocenters. The van der Waals surface area contributed by atoms with Crippen LogP contribution in [0.3, 0.4) is 0 Å². The van der Waals surface area contributed by atoms with Gasteiger partial charge in [0.25, 0.3) is 0 Å². The van der Waals surface area contributed by atoms with Crippen LogP contribution < -0.4 is 0 Å². The number of aromatic nitrogens is 2. The predicted molar refractivity (Wildman–Crippen MR) is 75.7 cm³/mol. The molecule has 1 aromatic carbocycles. The van der Waals surface area contributed by atoms with E-state index < -0.39 is 11.8 Å². The van der Waals surface area contributed by atoms with E-state index in [4.69, 9.17) is 5.11 Å². The molecule has 3 rings (SSSR count). The van der Waals surface area contributed by atoms with Crippen molar-refractivity contribution in [3.8, 4) is 10.7 Å². The van der Waals surface area contributed by atoms with Crippen molar-refractivity contribution in [1.29, 1.82) is 0 Å². The first kappa shape index (κ1) is 12.8. The van der Waals surface area contributed by atoms with E-state index in [0.29, 0.717) is 11.3 Å². The average Bonchev–Trinajstić information content (AvgIpc) is 3.02. The van der Waals surface area contributed by atoms with Crippen molar-refractivity contribution in [2.75, 3.05) is 0 Å². The normalized spacial score (nSPS) is 11.1. The Labute approximate surface area is 117 Å². The van der Waals surface area contributed by atoms with Gasteiger partial charge >= 0.3 is 5.97 Å². The molecule has 0 atom stereocenters. The molecule has 0 amide bonds. The van der Waals surface area contributed by atoms with E-state index in [1.165, 1.54) is 17.4 Å². The summed E-state index contributed by atoms with van der Waals surface area (Å²) in [5.41, 5.74) is 1.68. The van der Waals surface area contributed by atoms with Crippen LogP contribution in [0.4, 0.5) is 4.39 Å². The van der Waals surface area contributed by atoms with Gasteiger partial charge < -0.3 is 10.1 Å². The third kappa shape index (κ3) is 1.98. The van der Waals surface area contributed by atoms with Gasteiger partial charge in [-0.2, -0.15) is 0 Å². The molecular weight excluding hydrogens is 279 g/mol. The molecule has 3 aromatic rings. The number of nitrogens with one attached hydrogen (secondary N) is 1. The SMILES string of the molecule is CCc1ccsc1-c1nc2c(C(=O)O)cc(F)cc2[nH]1. The molecule has 0 saturated heterocycles. The Bertz CT molecular complexity index is 807. The number of carbonyl (C=O) groups is 1. The molecule has 0 fully saturated rings. The number of hydrogen-bond acceptors (Lipinski definition) is 3. The van der Waals surface area contributed by atoms with Crippen molar-refractivity contribution < 1.29 is 14.3 Å². The summed E-state index contributed by atoms with van der Waals surface area (Å²) in [4.78, 5) is 19.5. The number of rotatable bonds is 3. The van der Waals surface area contributed by atoms with Gasteiger partial charge in [0.15, 0.2) is 0 Å². The largest absolute Gasteiger partial charge is 0.478 e. The zero-order valence-corrected chi connectivity index (χ0v) is 11.4. The van der Waals surface area contributed by atoms with Gasteiger partial charge in [-0.25, -0.2) is 14.2 Å². The Balaban J connectivity index is 2.25. The second-order valence-corrected chi connectivity index (χ2v) is 5.28. The topological polar surface area (TPSA) is 66.0 Å². The number of fused-ring (bicyclic) bond motifs is 1. The van der Waals surface area contributed by atoms with E-state index in [1.54, 1.807) is 0 Å². The molecule has 20 heavy (non-hydrogen) atoms. The lowest BCUT2D eigenvalue weighted by Crippen LogP contribution is -1.98. The average molecular weight is 290 g/mol. The highest BCUT2D eigenvalue weighted by Gasteiger charge is 2.17. The van der Waals surface area contributed by atoms with Crippen LogP contribution in [0.1, 0.15) is 22.8 Å². The summed E-state index contributed by atoms with van der Waals surface area (Å²) in [6.07, 6.45) is 0.857. The lowest BCUT2D eigenvalue weighted by Gasteiger charge is -1.96. The highest BCUT2D eigenvalue weighted by atomic mass is 32.1. The molecule has 0 aliphatic rings. The summed E-state index contributed by atoms with van der Waals surface area (Å²) >= 11 is 1.53. The smallest absolute Gasteiger partial charge is 0.338 e. The Hall–Kier alpha value is -2.21. The number of carboxylic acid groups (broad SMARTS) is 1. The van der Waals surface area contributed by atoms with E-state index >= 15 is 0 Å². The number of aromatic carboxylic acids is 1. The fourth-order valence-corrected chi connectivity index (χ4v) is 3.12. The number of halogens is 1. The molecule has 2 N–H and O–H groups in total. The van der Waals surface area contributed by atoms with E-state index in [-0.39, 0.29) is 11.1 Å². The van der Waals surface area contributed by atoms with Crippen molar-refractivity contribution in [3.05, 3.63) is 40.5 Å². The van der Waals surface area contributed by atoms with Gasteiger partial charge in [-0.1, -0.05) is 6.92 Å². The highest BCUT2D eigenvalue weighted by Crippen LogP contribution is 2.30. The standard InChI is InChI=1S/C14H11FN2O2S/c1-2-7-3-4-20-12(7)13-16-10-6-8(15)5-9(14(18)19)11(10)17-13/h3-6H,2H2,1H3,(H,16,17)(H,18,19). The van der Waals surface area contributed by atoms with Crippen LogP contribution in [-0.4, -0.2) is 21.0 Å². The minimum Gasteiger partial charge on any atom is -0.478 e. The lowest BCUT2D eigenvalue weighted by atomic mass is 10.2. The molecule has 4 nitrogen and oxygen atoms in total. The summed E-state index contributed by atoms with van der Waals surface area (Å²) in [6, 6.07) is 4.26. The molecule has 0 saturated carbocycles. The van der Waals surface area contributed by atoms with Gasteiger partial charge in [0.2, 0.25) is 0 Å². The molecule has 0 bridgehead atoms. The Morgan fingerprint density at radius 1 is 1.50 bits per heavy atom. The second-order valence-electron chi connectivity index (χ2n) is 4.37. The lowest BCUT2D eigenvalue weighted by molar-refractivity contribution is 0.0698. The number of imidazole rings is 1. The first-order valence-corrected chi connectivity index (χ1v) is 6.97. The van der Waals surface area contributed by atoms with Crippen molar-refractivity contribution in [1.82, 2.24) is 9.97 Å². The van der Waals surface area contributed by atoms with E-state index in [1.807, 2.05) is 18.4 Å². The van der Waals surface area contributed by atoms with E-state index in [2.05, 4.69) is 9.97 Å². The number of benzene rings is 1. The molecule has 2 aromatic heterocycles. The quantitative estimate of drug-likeness (QED) is 0.773. The summed E-state index contributed by atoms with van der Waals surface area (Å²) in [7, 11) is 0. The van der Waals surface area contributed by atoms with Crippen molar-refractivity contribution in [3.63, 3.8) is 0 Å². The number of thiophene rings is 1. The third-order valence-corrected chi connectivity index (χ3v) is 4.09. The Kier molecular flexibility index (Phi) is 3.02. The van der Waals surface area contributed by atoms with E-state index in [0.717, 1.165) is 22.9 Å². The maximum Gasteiger partial charge on any atom is 0.338 e. The van der Waals surface area contributed by atoms with Crippen molar-refractivity contribution >= 4 is 28.3 Å². The molecule has 0 radical (unpaired) electrons. The second kappa shape index (κ2) is 4.72. The predicted octanol–water partition coefficient (Wildman–Crippen LogP) is 3.69. The van der Waals surface area contributed by atoms with Gasteiger partial charge in [-0.05, 0) is 35.6 Å². The Morgan fingerprint density at radius 3 is 3.00 bits per heavy atom. The zero-order chi connectivity index (χ0) is 14.3. The van der Waals surface area contributed by atoms with Gasteiger partial charge in [-0.3, -0.25) is 0 Å². The maximum atomic E-state index is 13.4. The zero-order valence-electron chi connectivity index (χ0n) is 10.6. The number of aryl methyl sites for hydroxylation is 1.